The van der Waals surface area contributed by atoms with Gasteiger partial charge in [0, 0.05) is 11.6 Å². The van der Waals surface area contributed by atoms with Gasteiger partial charge in [-0.25, -0.2) is 0 Å². The number of fused-ring (bicyclic) bond motifs is 1. The molecule has 2 N–H and O–H groups in total. The van der Waals surface area contributed by atoms with Crippen molar-refractivity contribution in [2.75, 3.05) is 5.32 Å². The molecule has 0 spiro atoms. The third-order valence-corrected chi connectivity index (χ3v) is 3.64. The van der Waals surface area contributed by atoms with Crippen LogP contribution in [0, 0.1) is 0 Å². The number of aromatic nitrogens is 1. The van der Waals surface area contributed by atoms with Crippen LogP contribution >= 0.6 is 11.6 Å². The molecule has 0 bridgehead atoms. The first kappa shape index (κ1) is 14.6. The molecule has 1 aromatic heterocycles. The van der Waals surface area contributed by atoms with Crippen LogP contribution in [0.5, 0.6) is 0 Å². The lowest BCUT2D eigenvalue weighted by molar-refractivity contribution is -0.105. The Kier molecular flexibility index (Phi) is 5.18. The third-order valence-electron chi connectivity index (χ3n) is 3.33. The zero-order chi connectivity index (χ0) is 14.4. The molecule has 0 radical (unpaired) electrons. The van der Waals surface area contributed by atoms with Crippen molar-refractivity contribution in [2.24, 2.45) is 0 Å². The summed E-state index contributed by atoms with van der Waals surface area (Å²) in [4.78, 5) is 24.2. The van der Waals surface area contributed by atoms with Gasteiger partial charge in [-0.05, 0) is 23.6 Å². The molecule has 1 heterocycles. The molecule has 20 heavy (non-hydrogen) atoms. The molecule has 5 heteroatoms. The second-order valence-corrected chi connectivity index (χ2v) is 5.16. The molecule has 106 valence electrons. The number of H-pyrrole nitrogens is 1. The number of carbonyl (C=O) groups excluding carboxylic acids is 1. The molecular weight excluding hydrogens is 276 g/mol. The highest BCUT2D eigenvalue weighted by Crippen LogP contribution is 2.25. The summed E-state index contributed by atoms with van der Waals surface area (Å²) in [5, 5.41) is 4.03. The van der Waals surface area contributed by atoms with Crippen LogP contribution in [-0.2, 0) is 4.79 Å². The average molecular weight is 293 g/mol. The molecule has 0 atom stereocenters. The summed E-state index contributed by atoms with van der Waals surface area (Å²) in [7, 11) is 0. The van der Waals surface area contributed by atoms with Gasteiger partial charge in [-0.15, -0.1) is 0 Å². The minimum Gasteiger partial charge on any atom is -0.329 e. The zero-order valence-electron chi connectivity index (χ0n) is 11.1. The molecule has 1 amide bonds. The summed E-state index contributed by atoms with van der Waals surface area (Å²) in [6.45, 7) is 0. The highest BCUT2D eigenvalue weighted by atomic mass is 35.5. The van der Waals surface area contributed by atoms with Crippen LogP contribution in [0.4, 0.5) is 5.69 Å². The number of rotatable bonds is 2. The second kappa shape index (κ2) is 7.10. The number of aromatic amines is 1. The Morgan fingerprint density at radius 1 is 1.15 bits per heavy atom. The Labute approximate surface area is 122 Å². The van der Waals surface area contributed by atoms with Crippen molar-refractivity contribution in [2.45, 2.75) is 32.1 Å². The van der Waals surface area contributed by atoms with Crippen molar-refractivity contribution in [3.05, 3.63) is 39.8 Å². The van der Waals surface area contributed by atoms with Crippen molar-refractivity contribution in [3.63, 3.8) is 0 Å². The van der Waals surface area contributed by atoms with E-state index in [1.807, 2.05) is 0 Å². The summed E-state index contributed by atoms with van der Waals surface area (Å²) in [5.74, 6) is 0. The van der Waals surface area contributed by atoms with E-state index in [0.29, 0.717) is 22.5 Å². The molecule has 1 fully saturated rings. The lowest BCUT2D eigenvalue weighted by atomic mass is 10.1. The van der Waals surface area contributed by atoms with Crippen LogP contribution in [0.2, 0.25) is 5.02 Å². The van der Waals surface area contributed by atoms with Crippen LogP contribution in [0.25, 0.3) is 10.8 Å². The molecule has 2 aromatic rings. The fourth-order valence-electron chi connectivity index (χ4n) is 2.27. The van der Waals surface area contributed by atoms with Crippen molar-refractivity contribution in [1.29, 1.82) is 0 Å². The number of nitrogens with one attached hydrogen (secondary N) is 2. The number of anilines is 1. The maximum absolute atomic E-state index is 11.4. The number of hydrogen-bond donors (Lipinski definition) is 2. The largest absolute Gasteiger partial charge is 0.329 e. The summed E-state index contributed by atoms with van der Waals surface area (Å²) >= 11 is 5.88. The van der Waals surface area contributed by atoms with Crippen LogP contribution in [0.15, 0.2) is 29.2 Å². The summed E-state index contributed by atoms with van der Waals surface area (Å²) in [5.41, 5.74) is 0.289. The van der Waals surface area contributed by atoms with Gasteiger partial charge in [0.25, 0.3) is 5.56 Å². The maximum Gasteiger partial charge on any atom is 0.255 e. The van der Waals surface area contributed by atoms with Gasteiger partial charge in [-0.1, -0.05) is 43.7 Å². The fraction of sp³-hybridized carbons (Fsp3) is 0.333. The molecule has 0 aliphatic heterocycles. The molecule has 0 saturated heterocycles. The van der Waals surface area contributed by atoms with E-state index in [1.165, 1.54) is 38.2 Å². The van der Waals surface area contributed by atoms with E-state index in [9.17, 15) is 9.59 Å². The Balaban J connectivity index is 0.000000247. The lowest BCUT2D eigenvalue weighted by Crippen LogP contribution is -2.05. The van der Waals surface area contributed by atoms with E-state index in [4.69, 9.17) is 11.6 Å². The number of hydrogen-bond acceptors (Lipinski definition) is 2. The first-order valence-electron chi connectivity index (χ1n) is 6.73. The highest BCUT2D eigenvalue weighted by Gasteiger charge is 2.04. The number of benzene rings is 1. The Bertz CT molecular complexity index is 640. The maximum atomic E-state index is 11.4. The Hall–Kier alpha value is -1.81. The van der Waals surface area contributed by atoms with Gasteiger partial charge in [0.2, 0.25) is 6.41 Å². The molecule has 1 saturated carbocycles. The summed E-state index contributed by atoms with van der Waals surface area (Å²) < 4.78 is 0. The normalized spacial score (nSPS) is 13.7. The first-order valence-corrected chi connectivity index (χ1v) is 7.11. The predicted octanol–water partition coefficient (Wildman–Crippen LogP) is 3.70. The number of amides is 1. The van der Waals surface area contributed by atoms with Crippen molar-refractivity contribution in [1.82, 2.24) is 4.98 Å². The number of pyridine rings is 1. The lowest BCUT2D eigenvalue weighted by Gasteiger charge is -2.03. The fourth-order valence-corrected chi connectivity index (χ4v) is 2.49. The van der Waals surface area contributed by atoms with Crippen molar-refractivity contribution in [3.8, 4) is 0 Å². The van der Waals surface area contributed by atoms with Crippen LogP contribution in [0.3, 0.4) is 0 Å². The molecule has 4 nitrogen and oxygen atoms in total. The van der Waals surface area contributed by atoms with Crippen molar-refractivity contribution < 1.29 is 4.79 Å². The van der Waals surface area contributed by atoms with E-state index in [2.05, 4.69) is 10.3 Å². The van der Waals surface area contributed by atoms with Gasteiger partial charge < -0.3 is 10.3 Å². The number of halogens is 1. The predicted molar refractivity (Wildman–Crippen MR) is 82.4 cm³/mol. The minimum absolute atomic E-state index is 0.202. The smallest absolute Gasteiger partial charge is 0.255 e. The van der Waals surface area contributed by atoms with E-state index in [-0.39, 0.29) is 5.56 Å². The van der Waals surface area contributed by atoms with Gasteiger partial charge in [0.1, 0.15) is 0 Å². The van der Waals surface area contributed by atoms with Crippen LogP contribution < -0.4 is 10.9 Å². The van der Waals surface area contributed by atoms with Gasteiger partial charge in [0.05, 0.1) is 10.7 Å². The van der Waals surface area contributed by atoms with E-state index >= 15 is 0 Å². The first-order chi connectivity index (χ1) is 9.72. The standard InChI is InChI=1S/C10H7ClN2O2.C5H10/c11-8-4-7-6(1-2-12-10(7)15)3-9(8)13-5-14;1-2-4-5-3-1/h1-5H,(H,12,15)(H,13,14);1-5H2. The van der Waals surface area contributed by atoms with E-state index in [0.717, 1.165) is 5.39 Å². The molecule has 3 rings (SSSR count). The Morgan fingerprint density at radius 3 is 2.40 bits per heavy atom. The summed E-state index contributed by atoms with van der Waals surface area (Å²) in [6, 6.07) is 4.92. The molecule has 1 aliphatic rings. The third kappa shape index (κ3) is 3.61. The Morgan fingerprint density at radius 2 is 1.80 bits per heavy atom. The van der Waals surface area contributed by atoms with Gasteiger partial charge in [0.15, 0.2) is 0 Å². The molecule has 0 unspecified atom stereocenters. The van der Waals surface area contributed by atoms with E-state index in [1.54, 1.807) is 18.3 Å². The van der Waals surface area contributed by atoms with Gasteiger partial charge in [-0.2, -0.15) is 0 Å². The monoisotopic (exact) mass is 292 g/mol. The van der Waals surface area contributed by atoms with Gasteiger partial charge >= 0.3 is 0 Å². The SMILES string of the molecule is C1CCCC1.O=CNc1cc2cc[nH]c(=O)c2cc1Cl. The minimum atomic E-state index is -0.202. The van der Waals surface area contributed by atoms with E-state index < -0.39 is 0 Å². The van der Waals surface area contributed by atoms with Crippen LogP contribution in [0.1, 0.15) is 32.1 Å². The second-order valence-electron chi connectivity index (χ2n) is 4.76. The molecule has 1 aromatic carbocycles. The highest BCUT2D eigenvalue weighted by molar-refractivity contribution is 6.34. The zero-order valence-corrected chi connectivity index (χ0v) is 11.9. The molecule has 1 aliphatic carbocycles. The van der Waals surface area contributed by atoms with Crippen molar-refractivity contribution >= 4 is 34.5 Å². The van der Waals surface area contributed by atoms with Gasteiger partial charge in [-0.3, -0.25) is 9.59 Å². The topological polar surface area (TPSA) is 62.0 Å². The molecular formula is C15H17ClN2O2. The number of carbonyl (C=O) groups is 1. The quantitative estimate of drug-likeness (QED) is 0.829. The summed E-state index contributed by atoms with van der Waals surface area (Å²) in [6.07, 6.45) is 9.59. The average Bonchev–Trinajstić information content (AvgIpc) is 3.00. The van der Waals surface area contributed by atoms with Crippen LogP contribution in [-0.4, -0.2) is 11.4 Å².